The first kappa shape index (κ1) is 20.5. The summed E-state index contributed by atoms with van der Waals surface area (Å²) in [6.45, 7) is 1.68. The van der Waals surface area contributed by atoms with Crippen molar-refractivity contribution in [3.8, 4) is 0 Å². The number of halogens is 1. The van der Waals surface area contributed by atoms with Crippen molar-refractivity contribution in [3.63, 3.8) is 0 Å². The Hall–Kier alpha value is -3.23. The van der Waals surface area contributed by atoms with Crippen LogP contribution in [-0.2, 0) is 9.53 Å². The molecule has 2 aromatic carbocycles. The number of carbonyl (C=O) groups excluding carboxylic acids is 2. The van der Waals surface area contributed by atoms with Gasteiger partial charge in [-0.1, -0.05) is 23.2 Å². The average Bonchev–Trinajstić information content (AvgIpc) is 2.98. The van der Waals surface area contributed by atoms with E-state index in [4.69, 9.17) is 16.3 Å². The molecular weight excluding hydrogens is 400 g/mol. The number of nitro benzene ring substituents is 1. The number of aliphatic hydroxyl groups excluding tert-OH is 1. The lowest BCUT2D eigenvalue weighted by atomic mass is 9.95. The van der Waals surface area contributed by atoms with E-state index < -0.39 is 23.0 Å². The number of rotatable bonds is 4. The second-order valence-electron chi connectivity index (χ2n) is 6.50. The van der Waals surface area contributed by atoms with Crippen molar-refractivity contribution in [2.45, 2.75) is 19.4 Å². The fraction of sp³-hybridized carbons (Fsp3) is 0.200. The lowest BCUT2D eigenvalue weighted by molar-refractivity contribution is -0.384. The number of ether oxygens (including phenoxy) is 1. The van der Waals surface area contributed by atoms with Crippen molar-refractivity contribution >= 4 is 40.5 Å². The molecule has 0 saturated heterocycles. The summed E-state index contributed by atoms with van der Waals surface area (Å²) in [6.07, 6.45) is -1.73. The molecule has 29 heavy (non-hydrogen) atoms. The molecule has 0 aromatic heterocycles. The quantitative estimate of drug-likeness (QED) is 0.453. The normalized spacial score (nSPS) is 15.7. The first-order valence-corrected chi connectivity index (χ1v) is 8.97. The highest BCUT2D eigenvalue weighted by Crippen LogP contribution is 2.41. The van der Waals surface area contributed by atoms with Gasteiger partial charge in [0.25, 0.3) is 11.6 Å². The molecule has 0 spiro atoms. The number of aliphatic hydroxyl groups is 1. The van der Waals surface area contributed by atoms with Gasteiger partial charge in [0.15, 0.2) is 0 Å². The average molecular weight is 417 g/mol. The lowest BCUT2D eigenvalue weighted by Gasteiger charge is -2.14. The molecule has 0 radical (unpaired) electrons. The number of anilines is 1. The largest absolute Gasteiger partial charge is 0.452 e. The van der Waals surface area contributed by atoms with E-state index >= 15 is 0 Å². The molecular formula is C20H17ClN2O6. The summed E-state index contributed by atoms with van der Waals surface area (Å²) in [5.74, 6) is -0.567. The van der Waals surface area contributed by atoms with Crippen molar-refractivity contribution in [2.75, 3.05) is 12.0 Å². The summed E-state index contributed by atoms with van der Waals surface area (Å²) >= 11 is 6.02. The molecule has 1 aliphatic rings. The molecule has 9 heteroatoms. The van der Waals surface area contributed by atoms with E-state index in [-0.39, 0.29) is 17.7 Å². The first-order valence-electron chi connectivity index (χ1n) is 8.59. The zero-order valence-corrected chi connectivity index (χ0v) is 16.3. The number of amides is 2. The fourth-order valence-corrected chi connectivity index (χ4v) is 3.42. The molecule has 150 valence electrons. The third-order valence-electron chi connectivity index (χ3n) is 4.66. The second-order valence-corrected chi connectivity index (χ2v) is 6.93. The van der Waals surface area contributed by atoms with Gasteiger partial charge in [-0.2, -0.15) is 0 Å². The van der Waals surface area contributed by atoms with Crippen LogP contribution in [0.4, 0.5) is 16.2 Å². The number of hydrogen-bond donors (Lipinski definition) is 1. The number of nitro groups is 1. The Morgan fingerprint density at radius 2 is 1.93 bits per heavy atom. The van der Waals surface area contributed by atoms with Gasteiger partial charge in [-0.15, -0.1) is 0 Å². The van der Waals surface area contributed by atoms with Gasteiger partial charge in [0.1, 0.15) is 0 Å². The van der Waals surface area contributed by atoms with E-state index in [9.17, 15) is 24.8 Å². The Morgan fingerprint density at radius 3 is 2.52 bits per heavy atom. The van der Waals surface area contributed by atoms with Crippen LogP contribution in [0.25, 0.3) is 5.57 Å². The summed E-state index contributed by atoms with van der Waals surface area (Å²) in [4.78, 5) is 36.2. The van der Waals surface area contributed by atoms with Crippen LogP contribution in [0.2, 0.25) is 5.02 Å². The number of benzene rings is 2. The van der Waals surface area contributed by atoms with Gasteiger partial charge in [-0.3, -0.25) is 14.9 Å². The van der Waals surface area contributed by atoms with Gasteiger partial charge >= 0.3 is 6.09 Å². The number of nitrogens with zero attached hydrogens (tertiary/aromatic N) is 2. The standard InChI is InChI=1S/C20H17ClN2O6/c1-11(9-17(24)12-3-6-14(7-4-12)23(27)28)18-15-8-5-13(21)10-16(15)22(19(18)25)20(26)29-2/h3-8,10,17,24H,9H2,1-2H3/b18-11-/t17-/m0/s1. The number of hydrogen-bond acceptors (Lipinski definition) is 6. The fourth-order valence-electron chi connectivity index (χ4n) is 3.25. The highest BCUT2D eigenvalue weighted by atomic mass is 35.5. The maximum atomic E-state index is 12.9. The molecule has 1 N–H and O–H groups in total. The van der Waals surface area contributed by atoms with Gasteiger partial charge in [0.05, 0.1) is 23.8 Å². The van der Waals surface area contributed by atoms with Crippen molar-refractivity contribution in [3.05, 3.63) is 74.3 Å². The lowest BCUT2D eigenvalue weighted by Crippen LogP contribution is -2.33. The molecule has 2 amide bonds. The van der Waals surface area contributed by atoms with E-state index in [0.717, 1.165) is 4.90 Å². The zero-order chi connectivity index (χ0) is 21.3. The van der Waals surface area contributed by atoms with E-state index in [0.29, 0.717) is 27.4 Å². The highest BCUT2D eigenvalue weighted by Gasteiger charge is 2.38. The third-order valence-corrected chi connectivity index (χ3v) is 4.89. The molecule has 1 atom stereocenters. The van der Waals surface area contributed by atoms with Crippen LogP contribution in [0.15, 0.2) is 48.0 Å². The van der Waals surface area contributed by atoms with Crippen molar-refractivity contribution in [1.82, 2.24) is 0 Å². The first-order chi connectivity index (χ1) is 13.7. The molecule has 3 rings (SSSR count). The van der Waals surface area contributed by atoms with Crippen LogP contribution in [0.5, 0.6) is 0 Å². The highest BCUT2D eigenvalue weighted by molar-refractivity contribution is 6.40. The van der Waals surface area contributed by atoms with Crippen molar-refractivity contribution in [1.29, 1.82) is 0 Å². The van der Waals surface area contributed by atoms with Crippen LogP contribution in [0.1, 0.15) is 30.6 Å². The summed E-state index contributed by atoms with van der Waals surface area (Å²) < 4.78 is 4.71. The maximum Gasteiger partial charge on any atom is 0.421 e. The van der Waals surface area contributed by atoms with Crippen LogP contribution in [-0.4, -0.2) is 29.1 Å². The van der Waals surface area contributed by atoms with Crippen LogP contribution >= 0.6 is 11.6 Å². The Kier molecular flexibility index (Phi) is 5.67. The summed E-state index contributed by atoms with van der Waals surface area (Å²) in [6, 6.07) is 10.3. The molecule has 2 aromatic rings. The van der Waals surface area contributed by atoms with Gasteiger partial charge in [0.2, 0.25) is 0 Å². The Bertz CT molecular complexity index is 1030. The maximum absolute atomic E-state index is 12.9. The van der Waals surface area contributed by atoms with Gasteiger partial charge in [-0.05, 0) is 43.2 Å². The SMILES string of the molecule is COC(=O)N1C(=O)/C(=C(/C)C[C@H](O)c2ccc([N+](=O)[O-])cc2)c2ccc(Cl)cc21. The molecule has 1 aliphatic heterocycles. The minimum Gasteiger partial charge on any atom is -0.452 e. The number of fused-ring (bicyclic) bond motifs is 1. The van der Waals surface area contributed by atoms with Crippen molar-refractivity contribution in [2.24, 2.45) is 0 Å². The van der Waals surface area contributed by atoms with Crippen molar-refractivity contribution < 1.29 is 24.4 Å². The minimum absolute atomic E-state index is 0.0819. The minimum atomic E-state index is -0.987. The molecule has 0 fully saturated rings. The Labute approximate surface area is 171 Å². The summed E-state index contributed by atoms with van der Waals surface area (Å²) in [5.41, 5.74) is 2.05. The van der Waals surface area contributed by atoms with Gasteiger partial charge in [-0.25, -0.2) is 9.69 Å². The predicted octanol–water partition coefficient (Wildman–Crippen LogP) is 4.26. The predicted molar refractivity (Wildman–Crippen MR) is 107 cm³/mol. The van der Waals surface area contributed by atoms with Crippen LogP contribution in [0.3, 0.4) is 0 Å². The van der Waals surface area contributed by atoms with Crippen LogP contribution in [0, 0.1) is 10.1 Å². The molecule has 0 bridgehead atoms. The van der Waals surface area contributed by atoms with E-state index in [1.807, 2.05) is 0 Å². The Morgan fingerprint density at radius 1 is 1.28 bits per heavy atom. The molecule has 1 heterocycles. The smallest absolute Gasteiger partial charge is 0.421 e. The van der Waals surface area contributed by atoms with E-state index in [1.165, 1.54) is 37.4 Å². The van der Waals surface area contributed by atoms with E-state index in [2.05, 4.69) is 0 Å². The molecule has 0 aliphatic carbocycles. The van der Waals surface area contributed by atoms with E-state index in [1.54, 1.807) is 19.1 Å². The van der Waals surface area contributed by atoms with Crippen LogP contribution < -0.4 is 4.90 Å². The third kappa shape index (κ3) is 3.85. The summed E-state index contributed by atoms with van der Waals surface area (Å²) in [7, 11) is 1.17. The topological polar surface area (TPSA) is 110 Å². The summed E-state index contributed by atoms with van der Waals surface area (Å²) in [5, 5.41) is 21.7. The number of non-ortho nitro benzene ring substituents is 1. The Balaban J connectivity index is 1.96. The number of imide groups is 1. The molecule has 0 unspecified atom stereocenters. The molecule has 8 nitrogen and oxygen atoms in total. The monoisotopic (exact) mass is 416 g/mol. The van der Waals surface area contributed by atoms with Gasteiger partial charge < -0.3 is 9.84 Å². The second kappa shape index (κ2) is 8.02. The molecule has 0 saturated carbocycles. The number of carbonyl (C=O) groups is 2. The number of methoxy groups -OCH3 is 1. The van der Waals surface area contributed by atoms with Gasteiger partial charge in [0, 0.05) is 28.3 Å². The zero-order valence-electron chi connectivity index (χ0n) is 15.6.